The Balaban J connectivity index is 1.93. The Bertz CT molecular complexity index is 1420. The SMILES string of the molecule is Cc1ccc(S(=O)(=O)Nc2ccc3c(c2)C(=O)N([C@@H](C)CO)C[C@@H](C)[C@@H](CN(C)C(=O)CCCN(C)C)OCCCC[C@H](C)O3)cc1. The number of aryl methyl sites for hydroxylation is 1. The molecule has 2 aromatic rings. The van der Waals surface area contributed by atoms with Crippen molar-refractivity contribution in [1.82, 2.24) is 14.7 Å². The van der Waals surface area contributed by atoms with Crippen molar-refractivity contribution in [3.8, 4) is 5.75 Å². The van der Waals surface area contributed by atoms with Gasteiger partial charge in [-0.15, -0.1) is 0 Å². The third-order valence-corrected chi connectivity index (χ3v) is 9.91. The van der Waals surface area contributed by atoms with Crippen molar-refractivity contribution >= 4 is 27.5 Å². The van der Waals surface area contributed by atoms with Crippen molar-refractivity contribution < 1.29 is 32.6 Å². The lowest BCUT2D eigenvalue weighted by molar-refractivity contribution is -0.132. The number of benzene rings is 2. The highest BCUT2D eigenvalue weighted by molar-refractivity contribution is 7.92. The van der Waals surface area contributed by atoms with Crippen LogP contribution in [0.15, 0.2) is 47.4 Å². The Hall–Kier alpha value is -3.19. The summed E-state index contributed by atoms with van der Waals surface area (Å²) in [7, 11) is 1.83. The number of rotatable bonds is 11. The number of hydrogen-bond acceptors (Lipinski definition) is 8. The summed E-state index contributed by atoms with van der Waals surface area (Å²) in [5, 5.41) is 10.2. The van der Waals surface area contributed by atoms with E-state index in [4.69, 9.17) is 9.47 Å². The van der Waals surface area contributed by atoms with Crippen LogP contribution in [0.25, 0.3) is 0 Å². The van der Waals surface area contributed by atoms with Gasteiger partial charge in [0, 0.05) is 44.8 Å². The molecule has 0 fully saturated rings. The second kappa shape index (κ2) is 17.8. The average Bonchev–Trinajstić information content (AvgIpc) is 3.02. The first-order valence-electron chi connectivity index (χ1n) is 16.5. The minimum Gasteiger partial charge on any atom is -0.490 e. The van der Waals surface area contributed by atoms with E-state index in [1.54, 1.807) is 48.0 Å². The van der Waals surface area contributed by atoms with E-state index in [9.17, 15) is 23.1 Å². The van der Waals surface area contributed by atoms with E-state index < -0.39 is 22.0 Å². The highest BCUT2D eigenvalue weighted by Crippen LogP contribution is 2.29. The van der Waals surface area contributed by atoms with Crippen LogP contribution in [0.5, 0.6) is 5.75 Å². The van der Waals surface area contributed by atoms with Gasteiger partial charge in [0.25, 0.3) is 15.9 Å². The Morgan fingerprint density at radius 1 is 1.11 bits per heavy atom. The fourth-order valence-corrected chi connectivity index (χ4v) is 6.54. The molecule has 0 unspecified atom stereocenters. The van der Waals surface area contributed by atoms with Crippen LogP contribution >= 0.6 is 0 Å². The van der Waals surface area contributed by atoms with Crippen molar-refractivity contribution in [2.24, 2.45) is 5.92 Å². The maximum absolute atomic E-state index is 14.3. The summed E-state index contributed by atoms with van der Waals surface area (Å²) in [6, 6.07) is 10.7. The number of carbonyl (C=O) groups is 2. The molecule has 0 aromatic heterocycles. The Labute approximate surface area is 281 Å². The third-order valence-electron chi connectivity index (χ3n) is 8.51. The number of hydrogen-bond donors (Lipinski definition) is 2. The number of fused-ring (bicyclic) bond motifs is 1. The zero-order valence-corrected chi connectivity index (χ0v) is 29.9. The molecule has 0 spiro atoms. The number of nitrogens with one attached hydrogen (secondary N) is 1. The van der Waals surface area contributed by atoms with Crippen molar-refractivity contribution in [1.29, 1.82) is 0 Å². The first-order chi connectivity index (χ1) is 22.2. The smallest absolute Gasteiger partial charge is 0.261 e. The summed E-state index contributed by atoms with van der Waals surface area (Å²) in [5.74, 6) is -0.212. The van der Waals surface area contributed by atoms with Gasteiger partial charge >= 0.3 is 0 Å². The average molecular weight is 675 g/mol. The number of amides is 2. The molecule has 11 nitrogen and oxygen atoms in total. The van der Waals surface area contributed by atoms with Gasteiger partial charge in [-0.25, -0.2) is 8.42 Å². The number of nitrogens with zero attached hydrogens (tertiary/aromatic N) is 3. The van der Waals surface area contributed by atoms with Crippen LogP contribution in [0.1, 0.15) is 68.8 Å². The summed E-state index contributed by atoms with van der Waals surface area (Å²) in [6.45, 7) is 9.23. The van der Waals surface area contributed by atoms with Crippen LogP contribution in [0.4, 0.5) is 5.69 Å². The molecule has 2 aromatic carbocycles. The first kappa shape index (κ1) is 38.3. The molecular formula is C35H54N4O7S. The normalized spacial score (nSPS) is 20.6. The quantitative estimate of drug-likeness (QED) is 0.359. The van der Waals surface area contributed by atoms with Crippen LogP contribution in [0.2, 0.25) is 0 Å². The summed E-state index contributed by atoms with van der Waals surface area (Å²) in [5.41, 5.74) is 1.34. The number of ether oxygens (including phenoxy) is 2. The molecule has 262 valence electrons. The number of anilines is 1. The molecule has 47 heavy (non-hydrogen) atoms. The van der Waals surface area contributed by atoms with E-state index in [2.05, 4.69) is 9.62 Å². The van der Waals surface area contributed by atoms with Crippen molar-refractivity contribution in [2.45, 2.75) is 82.9 Å². The predicted octanol–water partition coefficient (Wildman–Crippen LogP) is 4.39. The highest BCUT2D eigenvalue weighted by Gasteiger charge is 2.31. The molecule has 1 aliphatic rings. The van der Waals surface area contributed by atoms with Gasteiger partial charge in [0.15, 0.2) is 0 Å². The van der Waals surface area contributed by atoms with Gasteiger partial charge in [0.2, 0.25) is 5.91 Å². The zero-order valence-electron chi connectivity index (χ0n) is 29.1. The van der Waals surface area contributed by atoms with Gasteiger partial charge in [0.05, 0.1) is 35.3 Å². The van der Waals surface area contributed by atoms with Gasteiger partial charge in [0.1, 0.15) is 5.75 Å². The van der Waals surface area contributed by atoms with E-state index in [0.29, 0.717) is 25.3 Å². The van der Waals surface area contributed by atoms with E-state index in [-0.39, 0.29) is 53.3 Å². The molecule has 0 aliphatic carbocycles. The number of likely N-dealkylation sites (N-methyl/N-ethyl adjacent to an activating group) is 1. The monoisotopic (exact) mass is 674 g/mol. The summed E-state index contributed by atoms with van der Waals surface area (Å²) in [6.07, 6.45) is 3.00. The van der Waals surface area contributed by atoms with E-state index in [0.717, 1.165) is 37.8 Å². The molecule has 3 rings (SSSR count). The second-order valence-corrected chi connectivity index (χ2v) is 14.8. The lowest BCUT2D eigenvalue weighted by Gasteiger charge is -2.36. The van der Waals surface area contributed by atoms with Crippen LogP contribution in [0, 0.1) is 12.8 Å². The van der Waals surface area contributed by atoms with Gasteiger partial charge in [-0.1, -0.05) is 24.6 Å². The Morgan fingerprint density at radius 2 is 1.81 bits per heavy atom. The van der Waals surface area contributed by atoms with Gasteiger partial charge in [-0.05, 0) is 97.4 Å². The van der Waals surface area contributed by atoms with Crippen molar-refractivity contribution in [3.05, 3.63) is 53.6 Å². The van der Waals surface area contributed by atoms with E-state index in [1.165, 1.54) is 18.2 Å². The molecule has 2 amide bonds. The highest BCUT2D eigenvalue weighted by atomic mass is 32.2. The fraction of sp³-hybridized carbons (Fsp3) is 0.600. The molecule has 2 N–H and O–H groups in total. The molecule has 0 radical (unpaired) electrons. The van der Waals surface area contributed by atoms with Gasteiger partial charge in [-0.3, -0.25) is 14.3 Å². The lowest BCUT2D eigenvalue weighted by atomic mass is 10.0. The van der Waals surface area contributed by atoms with Crippen LogP contribution in [0.3, 0.4) is 0 Å². The van der Waals surface area contributed by atoms with Gasteiger partial charge in [-0.2, -0.15) is 0 Å². The molecule has 1 heterocycles. The topological polar surface area (TPSA) is 129 Å². The third kappa shape index (κ3) is 11.5. The largest absolute Gasteiger partial charge is 0.490 e. The first-order valence-corrected chi connectivity index (χ1v) is 18.0. The molecule has 0 bridgehead atoms. The van der Waals surface area contributed by atoms with E-state index in [1.807, 2.05) is 34.9 Å². The number of sulfonamides is 1. The number of carbonyl (C=O) groups excluding carboxylic acids is 2. The standard InChI is InChI=1S/C35H54N4O7S/c1-25-13-16-30(17-14-25)47(43,44)36-29-15-18-32-31(21-29)35(42)39(27(3)24-40)22-26(2)33(45-20-9-8-11-28(4)46-32)23-38(7)34(41)12-10-19-37(5)6/h13-18,21,26-28,33,36,40H,8-12,19-20,22-24H2,1-7H3/t26-,27+,28+,33-/m1/s1. The Morgan fingerprint density at radius 3 is 2.47 bits per heavy atom. The van der Waals surface area contributed by atoms with Crippen molar-refractivity contribution in [3.63, 3.8) is 0 Å². The maximum Gasteiger partial charge on any atom is 0.261 e. The predicted molar refractivity (Wildman–Crippen MR) is 184 cm³/mol. The number of aliphatic hydroxyl groups is 1. The van der Waals surface area contributed by atoms with Crippen LogP contribution in [-0.4, -0.2) is 112 Å². The molecule has 0 saturated carbocycles. The fourth-order valence-electron chi connectivity index (χ4n) is 5.49. The van der Waals surface area contributed by atoms with Crippen molar-refractivity contribution in [2.75, 3.05) is 58.7 Å². The van der Waals surface area contributed by atoms with Crippen LogP contribution < -0.4 is 9.46 Å². The summed E-state index contributed by atoms with van der Waals surface area (Å²) >= 11 is 0. The van der Waals surface area contributed by atoms with E-state index >= 15 is 0 Å². The minimum atomic E-state index is -3.92. The lowest BCUT2D eigenvalue weighted by Crippen LogP contribution is -2.48. The number of aliphatic hydroxyl groups excluding tert-OH is 1. The summed E-state index contributed by atoms with van der Waals surface area (Å²) < 4.78 is 41.6. The molecule has 12 heteroatoms. The maximum atomic E-state index is 14.3. The van der Waals surface area contributed by atoms with Crippen LogP contribution in [-0.2, 0) is 19.6 Å². The molecule has 4 atom stereocenters. The molecule has 1 aliphatic heterocycles. The zero-order chi connectivity index (χ0) is 34.7. The second-order valence-electron chi connectivity index (χ2n) is 13.1. The minimum absolute atomic E-state index is 0.0410. The Kier molecular flexibility index (Phi) is 14.5. The van der Waals surface area contributed by atoms with Gasteiger partial charge < -0.3 is 29.3 Å². The summed E-state index contributed by atoms with van der Waals surface area (Å²) in [4.78, 5) is 32.7. The molecular weight excluding hydrogens is 620 g/mol. The molecule has 0 saturated heterocycles.